The van der Waals surface area contributed by atoms with E-state index in [1.807, 2.05) is 0 Å². The number of hydrogen-bond donors (Lipinski definition) is 0. The van der Waals surface area contributed by atoms with Crippen molar-refractivity contribution < 1.29 is 28.6 Å². The first-order valence-electron chi connectivity index (χ1n) is 31.2. The fourth-order valence-corrected chi connectivity index (χ4v) is 9.56. The lowest BCUT2D eigenvalue weighted by molar-refractivity contribution is -0.167. The summed E-state index contributed by atoms with van der Waals surface area (Å²) < 4.78 is 16.9. The second kappa shape index (κ2) is 58.7. The molecule has 6 heteroatoms. The van der Waals surface area contributed by atoms with Crippen molar-refractivity contribution in [3.63, 3.8) is 0 Å². The molecule has 408 valence electrons. The number of rotatable bonds is 58. The van der Waals surface area contributed by atoms with E-state index in [0.717, 1.165) is 64.2 Å². The van der Waals surface area contributed by atoms with Crippen LogP contribution in [0.15, 0.2) is 12.2 Å². The molecule has 0 aliphatic rings. The highest BCUT2D eigenvalue weighted by Gasteiger charge is 2.19. The molecule has 0 spiro atoms. The molecule has 0 amide bonds. The highest BCUT2D eigenvalue weighted by atomic mass is 16.6. The number of carbonyl (C=O) groups is 3. The Morgan fingerprint density at radius 2 is 0.478 bits per heavy atom. The Hall–Kier alpha value is -1.85. The Morgan fingerprint density at radius 3 is 0.725 bits per heavy atom. The van der Waals surface area contributed by atoms with Gasteiger partial charge in [0.25, 0.3) is 0 Å². The fraction of sp³-hybridized carbons (Fsp3) is 0.921. The van der Waals surface area contributed by atoms with Gasteiger partial charge in [0.2, 0.25) is 0 Å². The number of ether oxygens (including phenoxy) is 3. The van der Waals surface area contributed by atoms with Gasteiger partial charge in [-0.1, -0.05) is 303 Å². The van der Waals surface area contributed by atoms with E-state index in [9.17, 15) is 14.4 Å². The zero-order chi connectivity index (χ0) is 50.0. The third-order valence-corrected chi connectivity index (χ3v) is 14.3. The Labute approximate surface area is 431 Å². The van der Waals surface area contributed by atoms with Gasteiger partial charge >= 0.3 is 17.9 Å². The predicted octanol–water partition coefficient (Wildman–Crippen LogP) is 20.9. The highest BCUT2D eigenvalue weighted by molar-refractivity contribution is 5.71. The molecule has 1 unspecified atom stereocenters. The average Bonchev–Trinajstić information content (AvgIpc) is 3.35. The van der Waals surface area contributed by atoms with Gasteiger partial charge in [-0.15, -0.1) is 0 Å². The molecule has 0 aromatic heterocycles. The summed E-state index contributed by atoms with van der Waals surface area (Å²) >= 11 is 0. The number of hydrogen-bond acceptors (Lipinski definition) is 6. The first-order valence-corrected chi connectivity index (χ1v) is 31.2. The van der Waals surface area contributed by atoms with Crippen LogP contribution in [0.3, 0.4) is 0 Å². The highest BCUT2D eigenvalue weighted by Crippen LogP contribution is 2.18. The van der Waals surface area contributed by atoms with Gasteiger partial charge in [0, 0.05) is 19.3 Å². The molecular formula is C63H120O6. The second-order valence-electron chi connectivity index (χ2n) is 21.3. The van der Waals surface area contributed by atoms with Crippen LogP contribution in [-0.4, -0.2) is 37.2 Å². The smallest absolute Gasteiger partial charge is 0.306 e. The van der Waals surface area contributed by atoms with E-state index < -0.39 is 6.10 Å². The zero-order valence-corrected chi connectivity index (χ0v) is 46.9. The van der Waals surface area contributed by atoms with Crippen molar-refractivity contribution in [2.45, 2.75) is 361 Å². The topological polar surface area (TPSA) is 78.9 Å². The minimum absolute atomic E-state index is 0.0677. The van der Waals surface area contributed by atoms with Crippen LogP contribution in [0.5, 0.6) is 0 Å². The SMILES string of the molecule is CCCCCCCC/C=C\CCCCCCCC(=O)OC(COC(=O)CCCCCCCCCCC)COC(=O)CCCCCCCCCCCCCCCCCCCCCCCCCCCCC. The number of esters is 3. The summed E-state index contributed by atoms with van der Waals surface area (Å²) in [5.41, 5.74) is 0. The van der Waals surface area contributed by atoms with Crippen molar-refractivity contribution >= 4 is 17.9 Å². The maximum Gasteiger partial charge on any atom is 0.306 e. The minimum atomic E-state index is -0.768. The van der Waals surface area contributed by atoms with Crippen molar-refractivity contribution in [1.29, 1.82) is 0 Å². The van der Waals surface area contributed by atoms with Gasteiger partial charge in [-0.2, -0.15) is 0 Å². The summed E-state index contributed by atoms with van der Waals surface area (Å²) in [7, 11) is 0. The van der Waals surface area contributed by atoms with Crippen molar-refractivity contribution in [1.82, 2.24) is 0 Å². The summed E-state index contributed by atoms with van der Waals surface area (Å²) in [6.07, 6.45) is 68.1. The minimum Gasteiger partial charge on any atom is -0.462 e. The second-order valence-corrected chi connectivity index (χ2v) is 21.3. The Balaban J connectivity index is 4.08. The molecule has 69 heavy (non-hydrogen) atoms. The number of allylic oxidation sites excluding steroid dienone is 2. The average molecular weight is 974 g/mol. The van der Waals surface area contributed by atoms with E-state index in [4.69, 9.17) is 14.2 Å². The molecule has 0 aromatic carbocycles. The molecule has 0 heterocycles. The molecule has 0 rings (SSSR count). The van der Waals surface area contributed by atoms with E-state index in [2.05, 4.69) is 32.9 Å². The molecule has 0 saturated carbocycles. The predicted molar refractivity (Wildman–Crippen MR) is 298 cm³/mol. The van der Waals surface area contributed by atoms with Crippen LogP contribution in [0.25, 0.3) is 0 Å². The Kier molecular flexibility index (Phi) is 57.1. The monoisotopic (exact) mass is 973 g/mol. The van der Waals surface area contributed by atoms with E-state index in [1.54, 1.807) is 0 Å². The largest absolute Gasteiger partial charge is 0.462 e. The molecule has 0 aliphatic heterocycles. The molecule has 1 atom stereocenters. The molecule has 0 N–H and O–H groups in total. The Bertz CT molecular complexity index is 1070. The van der Waals surface area contributed by atoms with Gasteiger partial charge < -0.3 is 14.2 Å². The number of unbranched alkanes of at least 4 members (excludes halogenated alkanes) is 45. The standard InChI is InChI=1S/C63H120O6/c1-4-7-10-13-16-19-21-23-25-26-27-28-29-30-31-32-33-34-35-36-38-39-41-44-47-50-53-56-62(65)68-59-60(58-67-61(64)55-52-49-46-43-18-15-12-9-6-3)69-63(66)57-54-51-48-45-42-40-37-24-22-20-17-14-11-8-5-2/h24,37,60H,4-23,25-36,38-59H2,1-3H3/b37-24-. The zero-order valence-electron chi connectivity index (χ0n) is 46.9. The first kappa shape index (κ1) is 67.1. The lowest BCUT2D eigenvalue weighted by Gasteiger charge is -2.18. The van der Waals surface area contributed by atoms with Crippen LogP contribution in [-0.2, 0) is 28.6 Å². The van der Waals surface area contributed by atoms with E-state index in [-0.39, 0.29) is 31.1 Å². The normalized spacial score (nSPS) is 12.0. The fourth-order valence-electron chi connectivity index (χ4n) is 9.56. The van der Waals surface area contributed by atoms with Crippen molar-refractivity contribution in [3.05, 3.63) is 12.2 Å². The van der Waals surface area contributed by atoms with Crippen molar-refractivity contribution in [2.24, 2.45) is 0 Å². The van der Waals surface area contributed by atoms with Crippen LogP contribution < -0.4 is 0 Å². The van der Waals surface area contributed by atoms with Gasteiger partial charge in [-0.3, -0.25) is 14.4 Å². The van der Waals surface area contributed by atoms with E-state index in [1.165, 1.54) is 250 Å². The van der Waals surface area contributed by atoms with Gasteiger partial charge in [-0.05, 0) is 44.9 Å². The molecule has 0 bridgehead atoms. The maximum absolute atomic E-state index is 12.8. The van der Waals surface area contributed by atoms with Crippen LogP contribution in [0.4, 0.5) is 0 Å². The van der Waals surface area contributed by atoms with Gasteiger partial charge in [0.1, 0.15) is 13.2 Å². The van der Waals surface area contributed by atoms with Crippen LogP contribution in [0, 0.1) is 0 Å². The third kappa shape index (κ3) is 56.9. The summed E-state index contributed by atoms with van der Waals surface area (Å²) in [4.78, 5) is 38.1. The molecule has 0 radical (unpaired) electrons. The molecule has 0 aromatic rings. The Morgan fingerprint density at radius 1 is 0.275 bits per heavy atom. The van der Waals surface area contributed by atoms with E-state index >= 15 is 0 Å². The summed E-state index contributed by atoms with van der Waals surface area (Å²) in [5, 5.41) is 0. The summed E-state index contributed by atoms with van der Waals surface area (Å²) in [6, 6.07) is 0. The van der Waals surface area contributed by atoms with E-state index in [0.29, 0.717) is 19.3 Å². The van der Waals surface area contributed by atoms with Crippen LogP contribution in [0.2, 0.25) is 0 Å². The molecule has 0 fully saturated rings. The lowest BCUT2D eigenvalue weighted by atomic mass is 10.0. The molecular weight excluding hydrogens is 853 g/mol. The lowest BCUT2D eigenvalue weighted by Crippen LogP contribution is -2.30. The van der Waals surface area contributed by atoms with Gasteiger partial charge in [-0.25, -0.2) is 0 Å². The summed E-state index contributed by atoms with van der Waals surface area (Å²) in [6.45, 7) is 6.67. The maximum atomic E-state index is 12.8. The van der Waals surface area contributed by atoms with Crippen molar-refractivity contribution in [2.75, 3.05) is 13.2 Å². The van der Waals surface area contributed by atoms with Crippen LogP contribution in [0.1, 0.15) is 355 Å². The van der Waals surface area contributed by atoms with Crippen molar-refractivity contribution in [3.8, 4) is 0 Å². The summed E-state index contributed by atoms with van der Waals surface area (Å²) in [5.74, 6) is -0.855. The number of carbonyl (C=O) groups excluding carboxylic acids is 3. The quantitative estimate of drug-likeness (QED) is 0.0261. The van der Waals surface area contributed by atoms with Crippen LogP contribution >= 0.6 is 0 Å². The molecule has 0 aliphatic carbocycles. The first-order chi connectivity index (χ1) is 34.0. The third-order valence-electron chi connectivity index (χ3n) is 14.3. The van der Waals surface area contributed by atoms with Gasteiger partial charge in [0.15, 0.2) is 6.10 Å². The molecule has 6 nitrogen and oxygen atoms in total. The van der Waals surface area contributed by atoms with Gasteiger partial charge in [0.05, 0.1) is 0 Å². The molecule has 0 saturated heterocycles.